The van der Waals surface area contributed by atoms with Crippen LogP contribution < -0.4 is 0 Å². The molecule has 0 aliphatic carbocycles. The Kier molecular flexibility index (Phi) is 5.96. The first-order valence-corrected chi connectivity index (χ1v) is 7.39. The van der Waals surface area contributed by atoms with E-state index in [1.54, 1.807) is 6.07 Å². The molecule has 0 radical (unpaired) electrons. The molecule has 0 aromatic heterocycles. The van der Waals surface area contributed by atoms with Gasteiger partial charge in [-0.25, -0.2) is 4.39 Å². The van der Waals surface area contributed by atoms with Crippen molar-refractivity contribution in [3.63, 3.8) is 0 Å². The number of aliphatic hydroxyl groups is 1. The molecule has 1 N–H and O–H groups in total. The summed E-state index contributed by atoms with van der Waals surface area (Å²) in [7, 11) is 0. The van der Waals surface area contributed by atoms with Gasteiger partial charge < -0.3 is 5.11 Å². The Labute approximate surface area is 135 Å². The first-order valence-electron chi connectivity index (χ1n) is 7.39. The topological polar surface area (TPSA) is 20.2 Å². The van der Waals surface area contributed by atoms with Crippen LogP contribution >= 0.6 is 0 Å². The normalized spacial score (nSPS) is 16.1. The highest BCUT2D eigenvalue weighted by Crippen LogP contribution is 2.51. The molecule has 1 unspecified atom stereocenters. The lowest BCUT2D eigenvalue weighted by atomic mass is 9.82. The molecule has 0 aliphatic rings. The van der Waals surface area contributed by atoms with E-state index in [4.69, 9.17) is 0 Å². The Morgan fingerprint density at radius 2 is 1.50 bits per heavy atom. The number of rotatable bonds is 6. The van der Waals surface area contributed by atoms with Gasteiger partial charge >= 0.3 is 18.0 Å². The third kappa shape index (κ3) is 4.40. The van der Waals surface area contributed by atoms with Gasteiger partial charge in [0.25, 0.3) is 0 Å². The van der Waals surface area contributed by atoms with E-state index in [-0.39, 0.29) is 5.56 Å². The molecule has 1 aromatic carbocycles. The van der Waals surface area contributed by atoms with Crippen molar-refractivity contribution in [1.82, 2.24) is 0 Å². The Morgan fingerprint density at radius 1 is 0.958 bits per heavy atom. The highest BCUT2D eigenvalue weighted by molar-refractivity contribution is 5.29. The molecule has 0 amide bonds. The van der Waals surface area contributed by atoms with Gasteiger partial charge in [0, 0.05) is 6.42 Å². The third-order valence-corrected chi connectivity index (χ3v) is 3.85. The summed E-state index contributed by atoms with van der Waals surface area (Å²) in [6, 6.07) is 5.55. The van der Waals surface area contributed by atoms with E-state index in [1.165, 1.54) is 18.2 Å². The number of hydrogen-bond acceptors (Lipinski definition) is 1. The SMILES string of the molecule is CCCCc1cccc(C(C)(O)CC(F)(C(F)(F)F)C(F)(F)F)c1. The van der Waals surface area contributed by atoms with Crippen LogP contribution in [-0.4, -0.2) is 23.1 Å². The van der Waals surface area contributed by atoms with E-state index in [2.05, 4.69) is 0 Å². The number of hydrogen-bond donors (Lipinski definition) is 1. The molecule has 1 nitrogen and oxygen atoms in total. The van der Waals surface area contributed by atoms with E-state index in [9.17, 15) is 35.8 Å². The van der Waals surface area contributed by atoms with Crippen molar-refractivity contribution in [1.29, 1.82) is 0 Å². The maximum Gasteiger partial charge on any atom is 0.431 e. The van der Waals surface area contributed by atoms with Crippen LogP contribution in [0.25, 0.3) is 0 Å². The highest BCUT2D eigenvalue weighted by Gasteiger charge is 2.73. The van der Waals surface area contributed by atoms with Gasteiger partial charge in [-0.15, -0.1) is 0 Å². The van der Waals surface area contributed by atoms with E-state index in [0.29, 0.717) is 12.0 Å². The molecule has 1 atom stereocenters. The molecule has 24 heavy (non-hydrogen) atoms. The average molecular weight is 360 g/mol. The Morgan fingerprint density at radius 3 is 1.96 bits per heavy atom. The lowest BCUT2D eigenvalue weighted by Crippen LogP contribution is -2.56. The monoisotopic (exact) mass is 360 g/mol. The van der Waals surface area contributed by atoms with Crippen molar-refractivity contribution in [2.24, 2.45) is 0 Å². The zero-order valence-corrected chi connectivity index (χ0v) is 13.2. The number of unbranched alkanes of at least 4 members (excludes halogenated alkanes) is 1. The molecule has 0 spiro atoms. The van der Waals surface area contributed by atoms with Crippen molar-refractivity contribution < 1.29 is 35.8 Å². The molecule has 8 heteroatoms. The smallest absolute Gasteiger partial charge is 0.385 e. The van der Waals surface area contributed by atoms with E-state index >= 15 is 0 Å². The van der Waals surface area contributed by atoms with Crippen LogP contribution in [-0.2, 0) is 12.0 Å². The van der Waals surface area contributed by atoms with Crippen molar-refractivity contribution in [3.05, 3.63) is 35.4 Å². The second kappa shape index (κ2) is 6.90. The van der Waals surface area contributed by atoms with Gasteiger partial charge in [-0.05, 0) is 30.9 Å². The van der Waals surface area contributed by atoms with Gasteiger partial charge in [0.1, 0.15) is 0 Å². The zero-order chi connectivity index (χ0) is 18.8. The predicted molar refractivity (Wildman–Crippen MR) is 75.2 cm³/mol. The molecule has 0 saturated carbocycles. The van der Waals surface area contributed by atoms with Crippen LogP contribution in [0.4, 0.5) is 30.7 Å². The lowest BCUT2D eigenvalue weighted by molar-refractivity contribution is -0.352. The molecule has 0 heterocycles. The average Bonchev–Trinajstić information content (AvgIpc) is 2.42. The fourth-order valence-electron chi connectivity index (χ4n) is 2.38. The van der Waals surface area contributed by atoms with Gasteiger partial charge in [-0.2, -0.15) is 26.3 Å². The Balaban J connectivity index is 3.19. The van der Waals surface area contributed by atoms with Crippen molar-refractivity contribution in [2.45, 2.75) is 63.2 Å². The Bertz CT molecular complexity index is 532. The van der Waals surface area contributed by atoms with Gasteiger partial charge in [0.15, 0.2) is 0 Å². The second-order valence-corrected chi connectivity index (χ2v) is 6.05. The van der Waals surface area contributed by atoms with E-state index in [1.807, 2.05) is 6.92 Å². The number of aryl methyl sites for hydroxylation is 1. The first kappa shape index (κ1) is 20.7. The predicted octanol–water partition coefficient (Wildman–Crippen LogP) is 5.46. The fraction of sp³-hybridized carbons (Fsp3) is 0.625. The minimum atomic E-state index is -6.19. The summed E-state index contributed by atoms with van der Waals surface area (Å²) in [6.07, 6.45) is -12.4. The van der Waals surface area contributed by atoms with Crippen molar-refractivity contribution in [3.8, 4) is 0 Å². The molecule has 138 valence electrons. The first-order chi connectivity index (χ1) is 10.7. The van der Waals surface area contributed by atoms with Crippen molar-refractivity contribution >= 4 is 0 Å². The van der Waals surface area contributed by atoms with Crippen LogP contribution in [0.15, 0.2) is 24.3 Å². The van der Waals surface area contributed by atoms with Gasteiger partial charge in [-0.3, -0.25) is 0 Å². The number of benzene rings is 1. The maximum absolute atomic E-state index is 13.9. The fourth-order valence-corrected chi connectivity index (χ4v) is 2.38. The molecule has 0 saturated heterocycles. The van der Waals surface area contributed by atoms with Crippen LogP contribution in [0.1, 0.15) is 44.2 Å². The van der Waals surface area contributed by atoms with E-state index in [0.717, 1.165) is 19.8 Å². The molecule has 0 aliphatic heterocycles. The second-order valence-electron chi connectivity index (χ2n) is 6.05. The summed E-state index contributed by atoms with van der Waals surface area (Å²) in [6.45, 7) is 2.67. The number of halogens is 7. The molecule has 0 bridgehead atoms. The summed E-state index contributed by atoms with van der Waals surface area (Å²) in [5, 5.41) is 10.2. The van der Waals surface area contributed by atoms with Crippen LogP contribution in [0.5, 0.6) is 0 Å². The summed E-state index contributed by atoms with van der Waals surface area (Å²) in [4.78, 5) is 0. The van der Waals surface area contributed by atoms with Gasteiger partial charge in [0.05, 0.1) is 5.60 Å². The summed E-state index contributed by atoms with van der Waals surface area (Å²) < 4.78 is 90.0. The third-order valence-electron chi connectivity index (χ3n) is 3.85. The van der Waals surface area contributed by atoms with E-state index < -0.39 is 30.0 Å². The van der Waals surface area contributed by atoms with Gasteiger partial charge in [0.2, 0.25) is 0 Å². The van der Waals surface area contributed by atoms with Crippen molar-refractivity contribution in [2.75, 3.05) is 0 Å². The van der Waals surface area contributed by atoms with Crippen LogP contribution in [0, 0.1) is 0 Å². The summed E-state index contributed by atoms with van der Waals surface area (Å²) in [5.41, 5.74) is -7.67. The highest BCUT2D eigenvalue weighted by atomic mass is 19.4. The quantitative estimate of drug-likeness (QED) is 0.668. The molecule has 1 aromatic rings. The minimum Gasteiger partial charge on any atom is -0.385 e. The lowest BCUT2D eigenvalue weighted by Gasteiger charge is -2.36. The van der Waals surface area contributed by atoms with Crippen LogP contribution in [0.3, 0.4) is 0 Å². The standard InChI is InChI=1S/C16H19F7O/c1-3-4-6-11-7-5-8-12(9-11)13(2,24)10-14(17,15(18,19)20)16(21,22)23/h5,7-9,24H,3-4,6,10H2,1-2H3. The van der Waals surface area contributed by atoms with Crippen LogP contribution in [0.2, 0.25) is 0 Å². The summed E-state index contributed by atoms with van der Waals surface area (Å²) in [5.74, 6) is 0. The minimum absolute atomic E-state index is 0.188. The molecule has 0 fully saturated rings. The maximum atomic E-state index is 13.9. The van der Waals surface area contributed by atoms with Gasteiger partial charge in [-0.1, -0.05) is 37.6 Å². The largest absolute Gasteiger partial charge is 0.431 e. The number of alkyl halides is 7. The zero-order valence-electron chi connectivity index (χ0n) is 13.2. The Hall–Kier alpha value is -1.31. The summed E-state index contributed by atoms with van der Waals surface area (Å²) >= 11 is 0. The molecular formula is C16H19F7O. The molecular weight excluding hydrogens is 341 g/mol. The molecule has 1 rings (SSSR count).